The molecule has 0 fully saturated rings. The van der Waals surface area contributed by atoms with E-state index in [9.17, 15) is 19.5 Å². The Labute approximate surface area is 151 Å². The average molecular weight is 352 g/mol. The van der Waals surface area contributed by atoms with Crippen LogP contribution in [0.1, 0.15) is 39.6 Å². The van der Waals surface area contributed by atoms with Crippen molar-refractivity contribution in [1.82, 2.24) is 0 Å². The SMILES string of the molecule is C=CC(=O)C(CC)(CO)OC(=O)c1ccccc1C(=O)c1ccccc1. The molecule has 0 amide bonds. The van der Waals surface area contributed by atoms with E-state index in [1.807, 2.05) is 0 Å². The molecule has 0 aliphatic carbocycles. The second kappa shape index (κ2) is 8.36. The lowest BCUT2D eigenvalue weighted by Crippen LogP contribution is -2.45. The second-order valence-corrected chi connectivity index (χ2v) is 5.70. The van der Waals surface area contributed by atoms with E-state index in [1.165, 1.54) is 12.1 Å². The Morgan fingerprint density at radius 3 is 2.15 bits per heavy atom. The zero-order valence-corrected chi connectivity index (χ0v) is 14.5. The first kappa shape index (κ1) is 19.3. The molecule has 0 bridgehead atoms. The zero-order chi connectivity index (χ0) is 19.2. The summed E-state index contributed by atoms with van der Waals surface area (Å²) < 4.78 is 5.34. The third kappa shape index (κ3) is 3.78. The minimum absolute atomic E-state index is 0.0319. The molecule has 0 aromatic heterocycles. The summed E-state index contributed by atoms with van der Waals surface area (Å²) >= 11 is 0. The van der Waals surface area contributed by atoms with Gasteiger partial charge < -0.3 is 9.84 Å². The van der Waals surface area contributed by atoms with Gasteiger partial charge in [0, 0.05) is 11.1 Å². The average Bonchev–Trinajstić information content (AvgIpc) is 2.71. The molecule has 2 aromatic carbocycles. The summed E-state index contributed by atoms with van der Waals surface area (Å²) in [6, 6.07) is 14.7. The first-order chi connectivity index (χ1) is 12.5. The van der Waals surface area contributed by atoms with Crippen molar-refractivity contribution in [3.05, 3.63) is 83.9 Å². The van der Waals surface area contributed by atoms with Gasteiger partial charge in [0.25, 0.3) is 0 Å². The Hall–Kier alpha value is -3.05. The first-order valence-corrected chi connectivity index (χ1v) is 8.19. The van der Waals surface area contributed by atoms with Crippen molar-refractivity contribution < 1.29 is 24.2 Å². The van der Waals surface area contributed by atoms with E-state index in [0.29, 0.717) is 5.56 Å². The monoisotopic (exact) mass is 352 g/mol. The maximum absolute atomic E-state index is 12.7. The summed E-state index contributed by atoms with van der Waals surface area (Å²) in [7, 11) is 0. The number of aliphatic hydroxyl groups excluding tert-OH is 1. The van der Waals surface area contributed by atoms with Crippen molar-refractivity contribution in [2.24, 2.45) is 0 Å². The van der Waals surface area contributed by atoms with Crippen LogP contribution < -0.4 is 0 Å². The molecule has 0 saturated carbocycles. The van der Waals surface area contributed by atoms with E-state index in [2.05, 4.69) is 6.58 Å². The van der Waals surface area contributed by atoms with E-state index < -0.39 is 24.0 Å². The van der Waals surface area contributed by atoms with Gasteiger partial charge in [0.2, 0.25) is 5.78 Å². The van der Waals surface area contributed by atoms with Crippen molar-refractivity contribution in [2.45, 2.75) is 18.9 Å². The standard InChI is InChI=1S/C21H20O5/c1-3-18(23)21(4-2,14-22)26-20(25)17-13-9-8-12-16(17)19(24)15-10-6-5-7-11-15/h3,5-13,22H,1,4,14H2,2H3. The molecule has 0 aliphatic rings. The van der Waals surface area contributed by atoms with Crippen LogP contribution in [0.15, 0.2) is 67.3 Å². The van der Waals surface area contributed by atoms with Crippen LogP contribution in [0, 0.1) is 0 Å². The summed E-state index contributed by atoms with van der Waals surface area (Å²) in [6.45, 7) is 4.33. The fourth-order valence-corrected chi connectivity index (χ4v) is 2.54. The van der Waals surface area contributed by atoms with Crippen LogP contribution in [0.3, 0.4) is 0 Å². The molecule has 0 saturated heterocycles. The third-order valence-corrected chi connectivity index (χ3v) is 4.18. The molecule has 1 atom stereocenters. The van der Waals surface area contributed by atoms with Crippen LogP contribution in [-0.4, -0.2) is 34.9 Å². The van der Waals surface area contributed by atoms with E-state index in [0.717, 1.165) is 6.08 Å². The highest BCUT2D eigenvalue weighted by Crippen LogP contribution is 2.22. The van der Waals surface area contributed by atoms with Gasteiger partial charge >= 0.3 is 5.97 Å². The number of rotatable bonds is 8. The molecular formula is C21H20O5. The maximum atomic E-state index is 12.7. The molecular weight excluding hydrogens is 332 g/mol. The number of esters is 1. The number of benzene rings is 2. The first-order valence-electron chi connectivity index (χ1n) is 8.19. The quantitative estimate of drug-likeness (QED) is 0.449. The summed E-state index contributed by atoms with van der Waals surface area (Å²) in [6.07, 6.45) is 1.09. The number of hydrogen-bond donors (Lipinski definition) is 1. The Balaban J connectivity index is 2.40. The van der Waals surface area contributed by atoms with Crippen LogP contribution in [0.4, 0.5) is 0 Å². The minimum Gasteiger partial charge on any atom is -0.445 e. The largest absolute Gasteiger partial charge is 0.445 e. The zero-order valence-electron chi connectivity index (χ0n) is 14.5. The molecule has 5 heteroatoms. The molecule has 2 rings (SSSR count). The normalized spacial score (nSPS) is 12.7. The molecule has 2 aromatic rings. The van der Waals surface area contributed by atoms with Gasteiger partial charge in [-0.2, -0.15) is 0 Å². The van der Waals surface area contributed by atoms with Gasteiger partial charge in [-0.3, -0.25) is 9.59 Å². The van der Waals surface area contributed by atoms with Crippen LogP contribution >= 0.6 is 0 Å². The molecule has 1 N–H and O–H groups in total. The number of hydrogen-bond acceptors (Lipinski definition) is 5. The summed E-state index contributed by atoms with van der Waals surface area (Å²) in [5, 5.41) is 9.62. The van der Waals surface area contributed by atoms with Gasteiger partial charge in [-0.15, -0.1) is 0 Å². The van der Waals surface area contributed by atoms with Gasteiger partial charge in [-0.05, 0) is 18.6 Å². The number of carbonyl (C=O) groups excluding carboxylic acids is 3. The fraction of sp³-hybridized carbons (Fsp3) is 0.190. The summed E-state index contributed by atoms with van der Waals surface area (Å²) in [5.74, 6) is -1.78. The topological polar surface area (TPSA) is 80.7 Å². The summed E-state index contributed by atoms with van der Waals surface area (Å²) in [4.78, 5) is 37.5. The molecule has 5 nitrogen and oxygen atoms in total. The maximum Gasteiger partial charge on any atom is 0.339 e. The molecule has 0 radical (unpaired) electrons. The predicted molar refractivity (Wildman–Crippen MR) is 97.0 cm³/mol. The summed E-state index contributed by atoms with van der Waals surface area (Å²) in [5.41, 5.74) is -1.08. The molecule has 0 heterocycles. The molecule has 134 valence electrons. The molecule has 1 unspecified atom stereocenters. The van der Waals surface area contributed by atoms with Gasteiger partial charge in [-0.1, -0.05) is 62.0 Å². The van der Waals surface area contributed by atoms with Crippen LogP contribution in [0.5, 0.6) is 0 Å². The van der Waals surface area contributed by atoms with E-state index in [-0.39, 0.29) is 23.3 Å². The van der Waals surface area contributed by atoms with Gasteiger partial charge in [-0.25, -0.2) is 4.79 Å². The lowest BCUT2D eigenvalue weighted by atomic mass is 9.94. The number of ether oxygens (including phenoxy) is 1. The number of aliphatic hydroxyl groups is 1. The van der Waals surface area contributed by atoms with Gasteiger partial charge in [0.1, 0.15) is 0 Å². The van der Waals surface area contributed by atoms with Gasteiger partial charge in [0.05, 0.1) is 12.2 Å². The minimum atomic E-state index is -1.71. The Morgan fingerprint density at radius 2 is 1.62 bits per heavy atom. The molecule has 0 aliphatic heterocycles. The Bertz CT molecular complexity index is 819. The van der Waals surface area contributed by atoms with Crippen molar-refractivity contribution in [3.8, 4) is 0 Å². The van der Waals surface area contributed by atoms with Crippen molar-refractivity contribution in [2.75, 3.05) is 6.61 Å². The highest BCUT2D eigenvalue weighted by Gasteiger charge is 2.39. The van der Waals surface area contributed by atoms with E-state index >= 15 is 0 Å². The smallest absolute Gasteiger partial charge is 0.339 e. The van der Waals surface area contributed by atoms with Gasteiger partial charge in [0.15, 0.2) is 11.4 Å². The molecule has 26 heavy (non-hydrogen) atoms. The Kier molecular flexibility index (Phi) is 6.20. The predicted octanol–water partition coefficient (Wildman–Crippen LogP) is 2.97. The molecule has 0 spiro atoms. The van der Waals surface area contributed by atoms with Crippen molar-refractivity contribution in [1.29, 1.82) is 0 Å². The highest BCUT2D eigenvalue weighted by molar-refractivity contribution is 6.14. The lowest BCUT2D eigenvalue weighted by Gasteiger charge is -2.28. The second-order valence-electron chi connectivity index (χ2n) is 5.70. The van der Waals surface area contributed by atoms with Crippen LogP contribution in [0.25, 0.3) is 0 Å². The van der Waals surface area contributed by atoms with Crippen LogP contribution in [-0.2, 0) is 9.53 Å². The Morgan fingerprint density at radius 1 is 1.04 bits per heavy atom. The highest BCUT2D eigenvalue weighted by atomic mass is 16.6. The van der Waals surface area contributed by atoms with E-state index in [4.69, 9.17) is 4.74 Å². The van der Waals surface area contributed by atoms with E-state index in [1.54, 1.807) is 49.4 Å². The lowest BCUT2D eigenvalue weighted by molar-refractivity contribution is -0.138. The van der Waals surface area contributed by atoms with Crippen molar-refractivity contribution in [3.63, 3.8) is 0 Å². The van der Waals surface area contributed by atoms with Crippen molar-refractivity contribution >= 4 is 17.5 Å². The fourth-order valence-electron chi connectivity index (χ4n) is 2.54. The number of carbonyl (C=O) groups is 3. The third-order valence-electron chi connectivity index (χ3n) is 4.18. The number of ketones is 2. The van der Waals surface area contributed by atoms with Crippen LogP contribution in [0.2, 0.25) is 0 Å².